The summed E-state index contributed by atoms with van der Waals surface area (Å²) in [5.41, 5.74) is 2.35. The molecule has 2 heteroatoms. The summed E-state index contributed by atoms with van der Waals surface area (Å²) >= 11 is 0. The molecule has 1 aliphatic heterocycles. The van der Waals surface area contributed by atoms with E-state index in [-0.39, 0.29) is 0 Å². The van der Waals surface area contributed by atoms with Crippen molar-refractivity contribution in [2.75, 3.05) is 6.54 Å². The molecule has 1 unspecified atom stereocenters. The number of fused-ring (bicyclic) bond motifs is 1. The van der Waals surface area contributed by atoms with Crippen LogP contribution in [0.2, 0.25) is 0 Å². The minimum absolute atomic E-state index is 0.634. The van der Waals surface area contributed by atoms with Crippen LogP contribution in [0.5, 0.6) is 0 Å². The van der Waals surface area contributed by atoms with Crippen molar-refractivity contribution in [1.82, 2.24) is 5.32 Å². The number of rotatable bonds is 2. The predicted octanol–water partition coefficient (Wildman–Crippen LogP) is 3.12. The van der Waals surface area contributed by atoms with Crippen LogP contribution in [0.4, 0.5) is 0 Å². The molecule has 16 heavy (non-hydrogen) atoms. The van der Waals surface area contributed by atoms with Gasteiger partial charge in [0.2, 0.25) is 0 Å². The fourth-order valence-corrected chi connectivity index (χ4v) is 2.55. The highest BCUT2D eigenvalue weighted by atomic mass is 16.3. The third-order valence-electron chi connectivity index (χ3n) is 3.44. The average molecular weight is 215 g/mol. The second-order valence-corrected chi connectivity index (χ2v) is 4.61. The van der Waals surface area contributed by atoms with Crippen molar-refractivity contribution in [2.24, 2.45) is 0 Å². The molecule has 0 spiro atoms. The van der Waals surface area contributed by atoms with Gasteiger partial charge in [-0.05, 0) is 37.4 Å². The summed E-state index contributed by atoms with van der Waals surface area (Å²) in [6, 6.07) is 8.92. The summed E-state index contributed by atoms with van der Waals surface area (Å²) in [5.74, 6) is 0. The number of hydrogen-bond acceptors (Lipinski definition) is 2. The zero-order valence-electron chi connectivity index (χ0n) is 9.41. The van der Waals surface area contributed by atoms with Crippen LogP contribution in [0.1, 0.15) is 24.8 Å². The van der Waals surface area contributed by atoms with E-state index in [0.717, 1.165) is 12.0 Å². The monoisotopic (exact) mass is 215 g/mol. The number of para-hydroxylation sites is 1. The van der Waals surface area contributed by atoms with Crippen LogP contribution in [-0.4, -0.2) is 12.6 Å². The van der Waals surface area contributed by atoms with E-state index in [1.54, 1.807) is 0 Å². The fraction of sp³-hybridized carbons (Fsp3) is 0.429. The highest BCUT2D eigenvalue weighted by Gasteiger charge is 2.15. The molecule has 0 aliphatic carbocycles. The van der Waals surface area contributed by atoms with Gasteiger partial charge in [0.25, 0.3) is 0 Å². The van der Waals surface area contributed by atoms with Crippen molar-refractivity contribution >= 4 is 11.0 Å². The molecule has 1 aliphatic rings. The van der Waals surface area contributed by atoms with Gasteiger partial charge in [-0.1, -0.05) is 24.6 Å². The van der Waals surface area contributed by atoms with Crippen LogP contribution in [0, 0.1) is 0 Å². The lowest BCUT2D eigenvalue weighted by molar-refractivity contribution is 0.399. The maximum Gasteiger partial charge on any atom is 0.134 e. The molecule has 1 atom stereocenters. The van der Waals surface area contributed by atoms with E-state index in [9.17, 15) is 0 Å². The fourth-order valence-electron chi connectivity index (χ4n) is 2.55. The molecule has 1 aromatic carbocycles. The summed E-state index contributed by atoms with van der Waals surface area (Å²) < 4.78 is 5.56. The topological polar surface area (TPSA) is 25.2 Å². The Morgan fingerprint density at radius 2 is 2.19 bits per heavy atom. The van der Waals surface area contributed by atoms with Crippen molar-refractivity contribution in [3.05, 3.63) is 36.1 Å². The summed E-state index contributed by atoms with van der Waals surface area (Å²) in [7, 11) is 0. The van der Waals surface area contributed by atoms with Gasteiger partial charge in [-0.15, -0.1) is 0 Å². The quantitative estimate of drug-likeness (QED) is 0.832. The van der Waals surface area contributed by atoms with Crippen LogP contribution in [0.25, 0.3) is 11.0 Å². The minimum atomic E-state index is 0.634. The second-order valence-electron chi connectivity index (χ2n) is 4.61. The SMILES string of the molecule is c1ccc2c(CC3CCCCN3)coc2c1. The summed E-state index contributed by atoms with van der Waals surface area (Å²) in [6.45, 7) is 1.17. The molecule has 2 heterocycles. The normalized spacial score (nSPS) is 21.4. The lowest BCUT2D eigenvalue weighted by Crippen LogP contribution is -2.35. The van der Waals surface area contributed by atoms with E-state index in [4.69, 9.17) is 4.42 Å². The summed E-state index contributed by atoms with van der Waals surface area (Å²) in [5, 5.41) is 4.85. The highest BCUT2D eigenvalue weighted by Crippen LogP contribution is 2.23. The lowest BCUT2D eigenvalue weighted by Gasteiger charge is -2.22. The molecular weight excluding hydrogens is 198 g/mol. The van der Waals surface area contributed by atoms with Crippen molar-refractivity contribution in [1.29, 1.82) is 0 Å². The van der Waals surface area contributed by atoms with Crippen LogP contribution in [-0.2, 0) is 6.42 Å². The van der Waals surface area contributed by atoms with Gasteiger partial charge in [0, 0.05) is 11.4 Å². The third kappa shape index (κ3) is 1.85. The first-order valence-electron chi connectivity index (χ1n) is 6.12. The molecule has 2 nitrogen and oxygen atoms in total. The zero-order valence-corrected chi connectivity index (χ0v) is 9.41. The average Bonchev–Trinajstić information content (AvgIpc) is 2.74. The molecule has 1 N–H and O–H groups in total. The molecular formula is C14H17NO. The van der Waals surface area contributed by atoms with Gasteiger partial charge >= 0.3 is 0 Å². The van der Waals surface area contributed by atoms with Crippen molar-refractivity contribution < 1.29 is 4.42 Å². The number of hydrogen-bond donors (Lipinski definition) is 1. The van der Waals surface area contributed by atoms with E-state index >= 15 is 0 Å². The molecule has 84 valence electrons. The van der Waals surface area contributed by atoms with Gasteiger partial charge in [0.15, 0.2) is 0 Å². The van der Waals surface area contributed by atoms with Crippen molar-refractivity contribution in [2.45, 2.75) is 31.7 Å². The van der Waals surface area contributed by atoms with Gasteiger partial charge in [-0.25, -0.2) is 0 Å². The second kappa shape index (κ2) is 4.30. The van der Waals surface area contributed by atoms with Crippen LogP contribution in [0.3, 0.4) is 0 Å². The number of benzene rings is 1. The molecule has 0 amide bonds. The zero-order chi connectivity index (χ0) is 10.8. The summed E-state index contributed by atoms with van der Waals surface area (Å²) in [4.78, 5) is 0. The van der Waals surface area contributed by atoms with E-state index in [0.29, 0.717) is 6.04 Å². The predicted molar refractivity (Wildman–Crippen MR) is 65.6 cm³/mol. The molecule has 0 bridgehead atoms. The number of piperidine rings is 1. The Hall–Kier alpha value is -1.28. The van der Waals surface area contributed by atoms with Crippen molar-refractivity contribution in [3.63, 3.8) is 0 Å². The third-order valence-corrected chi connectivity index (χ3v) is 3.44. The molecule has 2 aromatic rings. The Morgan fingerprint density at radius 1 is 1.25 bits per heavy atom. The smallest absolute Gasteiger partial charge is 0.134 e. The van der Waals surface area contributed by atoms with E-state index < -0.39 is 0 Å². The first-order chi connectivity index (χ1) is 7.93. The van der Waals surface area contributed by atoms with E-state index in [1.807, 2.05) is 18.4 Å². The Balaban J connectivity index is 1.83. The van der Waals surface area contributed by atoms with E-state index in [1.165, 1.54) is 36.8 Å². The van der Waals surface area contributed by atoms with Gasteiger partial charge in [-0.2, -0.15) is 0 Å². The van der Waals surface area contributed by atoms with Gasteiger partial charge in [0.1, 0.15) is 5.58 Å². The first-order valence-corrected chi connectivity index (χ1v) is 6.12. The molecule has 1 saturated heterocycles. The largest absolute Gasteiger partial charge is 0.464 e. The Morgan fingerprint density at radius 3 is 3.06 bits per heavy atom. The maximum absolute atomic E-state index is 5.56. The Labute approximate surface area is 95.6 Å². The van der Waals surface area contributed by atoms with E-state index in [2.05, 4.69) is 17.4 Å². The molecule has 0 radical (unpaired) electrons. The molecule has 1 aromatic heterocycles. The lowest BCUT2D eigenvalue weighted by atomic mass is 9.97. The highest BCUT2D eigenvalue weighted by molar-refractivity contribution is 5.80. The molecule has 0 saturated carbocycles. The van der Waals surface area contributed by atoms with Crippen LogP contribution in [0.15, 0.2) is 34.9 Å². The van der Waals surface area contributed by atoms with Crippen LogP contribution < -0.4 is 5.32 Å². The maximum atomic E-state index is 5.56. The van der Waals surface area contributed by atoms with Gasteiger partial charge in [0.05, 0.1) is 6.26 Å². The molecule has 3 rings (SSSR count). The minimum Gasteiger partial charge on any atom is -0.464 e. The summed E-state index contributed by atoms with van der Waals surface area (Å²) in [6.07, 6.45) is 6.98. The number of nitrogens with one attached hydrogen (secondary N) is 1. The van der Waals surface area contributed by atoms with Gasteiger partial charge < -0.3 is 9.73 Å². The molecule has 1 fully saturated rings. The Kier molecular flexibility index (Phi) is 2.66. The first kappa shape index (κ1) is 9.91. The number of furan rings is 1. The van der Waals surface area contributed by atoms with Gasteiger partial charge in [-0.3, -0.25) is 0 Å². The van der Waals surface area contributed by atoms with Crippen LogP contribution >= 0.6 is 0 Å². The standard InChI is InChI=1S/C14H17NO/c1-2-7-14-13(6-1)11(10-16-14)9-12-5-3-4-8-15-12/h1-2,6-7,10,12,15H,3-5,8-9H2. The van der Waals surface area contributed by atoms with Crippen molar-refractivity contribution in [3.8, 4) is 0 Å². The Bertz CT molecular complexity index is 468.